The molecule has 0 radical (unpaired) electrons. The molecule has 1 aromatic carbocycles. The van der Waals surface area contributed by atoms with E-state index in [9.17, 15) is 14.0 Å². The van der Waals surface area contributed by atoms with Crippen LogP contribution in [0.3, 0.4) is 0 Å². The van der Waals surface area contributed by atoms with Gasteiger partial charge in [0, 0.05) is 24.0 Å². The molecular formula is C20H17FN4O5. The molecule has 0 bridgehead atoms. The Labute approximate surface area is 169 Å². The third-order valence-electron chi connectivity index (χ3n) is 4.37. The number of carbonyl (C=O) groups is 2. The van der Waals surface area contributed by atoms with Gasteiger partial charge in [0.25, 0.3) is 5.91 Å². The van der Waals surface area contributed by atoms with Crippen molar-refractivity contribution in [2.45, 2.75) is 12.6 Å². The molecule has 0 unspecified atom stereocenters. The predicted octanol–water partition coefficient (Wildman–Crippen LogP) is 1.53. The normalized spacial score (nSPS) is 14.4. The Bertz CT molecular complexity index is 1120. The maximum absolute atomic E-state index is 14.0. The first-order valence-corrected chi connectivity index (χ1v) is 9.03. The van der Waals surface area contributed by atoms with E-state index in [1.807, 2.05) is 0 Å². The van der Waals surface area contributed by atoms with E-state index in [-0.39, 0.29) is 35.2 Å². The maximum Gasteiger partial charge on any atom is 0.342 e. The quantitative estimate of drug-likeness (QED) is 0.461. The molecule has 0 aliphatic carbocycles. The number of furan rings is 1. The smallest absolute Gasteiger partial charge is 0.342 e. The van der Waals surface area contributed by atoms with Gasteiger partial charge in [0.15, 0.2) is 5.82 Å². The van der Waals surface area contributed by atoms with Gasteiger partial charge in [-0.25, -0.2) is 19.2 Å². The van der Waals surface area contributed by atoms with Crippen LogP contribution in [-0.4, -0.2) is 41.2 Å². The summed E-state index contributed by atoms with van der Waals surface area (Å²) in [6.45, 7) is 0.591. The number of aromatic nitrogens is 2. The van der Waals surface area contributed by atoms with Crippen molar-refractivity contribution < 1.29 is 27.9 Å². The molecule has 1 saturated heterocycles. The second-order valence-corrected chi connectivity index (χ2v) is 6.48. The Balaban J connectivity index is 1.51. The van der Waals surface area contributed by atoms with Crippen molar-refractivity contribution in [2.75, 3.05) is 13.2 Å². The molecule has 2 aromatic heterocycles. The van der Waals surface area contributed by atoms with Crippen LogP contribution >= 0.6 is 0 Å². The Morgan fingerprint density at radius 3 is 2.70 bits per heavy atom. The fraction of sp³-hybridized carbons (Fsp3) is 0.200. The van der Waals surface area contributed by atoms with Crippen molar-refractivity contribution in [3.63, 3.8) is 0 Å². The predicted molar refractivity (Wildman–Crippen MR) is 102 cm³/mol. The number of carbonyl (C=O) groups excluding carboxylic acids is 2. The van der Waals surface area contributed by atoms with Crippen LogP contribution in [-0.2, 0) is 20.8 Å². The topological polar surface area (TPSA) is 130 Å². The number of hydrogen-bond donors (Lipinski definition) is 2. The molecule has 3 heterocycles. The standard InChI is InChI=1S/C20H17FN4O5/c21-12-4-11-5-13(8-25-19(26)16(7-22)18-23-2-1-3-24-18)29-17(11)15(6-12)20(27)30-14-9-28-10-14/h1-7,14H,8-10,22H2,(H,25,26)/b16-7+. The number of benzene rings is 1. The summed E-state index contributed by atoms with van der Waals surface area (Å²) in [4.78, 5) is 32.8. The van der Waals surface area contributed by atoms with Crippen LogP contribution < -0.4 is 11.1 Å². The maximum atomic E-state index is 14.0. The third kappa shape index (κ3) is 3.98. The number of amides is 1. The van der Waals surface area contributed by atoms with E-state index in [2.05, 4.69) is 15.3 Å². The Morgan fingerprint density at radius 2 is 2.03 bits per heavy atom. The summed E-state index contributed by atoms with van der Waals surface area (Å²) in [6.07, 6.45) is 3.73. The van der Waals surface area contributed by atoms with Crippen molar-refractivity contribution >= 4 is 28.4 Å². The summed E-state index contributed by atoms with van der Waals surface area (Å²) >= 11 is 0. The van der Waals surface area contributed by atoms with Gasteiger partial charge in [0.2, 0.25) is 0 Å². The second-order valence-electron chi connectivity index (χ2n) is 6.48. The molecule has 1 amide bonds. The first kappa shape index (κ1) is 19.5. The highest BCUT2D eigenvalue weighted by atomic mass is 19.1. The molecule has 1 fully saturated rings. The van der Waals surface area contributed by atoms with Gasteiger partial charge in [0.1, 0.15) is 28.8 Å². The van der Waals surface area contributed by atoms with E-state index < -0.39 is 17.7 Å². The molecule has 3 N–H and O–H groups in total. The minimum atomic E-state index is -0.702. The Morgan fingerprint density at radius 1 is 1.27 bits per heavy atom. The van der Waals surface area contributed by atoms with Crippen LogP contribution in [0.2, 0.25) is 0 Å². The van der Waals surface area contributed by atoms with Crippen LogP contribution in [0.1, 0.15) is 21.9 Å². The number of hydrogen-bond acceptors (Lipinski definition) is 8. The zero-order valence-electron chi connectivity index (χ0n) is 15.6. The minimum Gasteiger partial charge on any atom is -0.458 e. The Hall–Kier alpha value is -3.79. The summed E-state index contributed by atoms with van der Waals surface area (Å²) in [5.74, 6) is -1.33. The van der Waals surface area contributed by atoms with Gasteiger partial charge < -0.3 is 24.9 Å². The third-order valence-corrected chi connectivity index (χ3v) is 4.37. The molecule has 1 aliphatic rings. The number of esters is 1. The van der Waals surface area contributed by atoms with Gasteiger partial charge in [0.05, 0.1) is 25.3 Å². The van der Waals surface area contributed by atoms with E-state index in [0.29, 0.717) is 24.4 Å². The number of nitrogens with zero attached hydrogens (tertiary/aromatic N) is 2. The SMILES string of the molecule is N/C=C(/C(=O)NCc1cc2cc(F)cc(C(=O)OC3COC3)c2o1)c1ncccn1. The Kier molecular flexibility index (Phi) is 5.40. The van der Waals surface area contributed by atoms with E-state index in [1.54, 1.807) is 6.07 Å². The summed E-state index contributed by atoms with van der Waals surface area (Å²) < 4.78 is 29.9. The first-order chi connectivity index (χ1) is 14.5. The molecule has 0 spiro atoms. The molecule has 154 valence electrons. The lowest BCUT2D eigenvalue weighted by Crippen LogP contribution is -2.37. The number of halogens is 1. The van der Waals surface area contributed by atoms with E-state index >= 15 is 0 Å². The lowest BCUT2D eigenvalue weighted by atomic mass is 10.1. The molecular weight excluding hydrogens is 395 g/mol. The van der Waals surface area contributed by atoms with Gasteiger partial charge >= 0.3 is 5.97 Å². The molecule has 9 nitrogen and oxygen atoms in total. The minimum absolute atomic E-state index is 0.0236. The molecule has 0 saturated carbocycles. The number of nitrogens with two attached hydrogens (primary N) is 1. The number of nitrogens with one attached hydrogen (secondary N) is 1. The number of ether oxygens (including phenoxy) is 2. The average Bonchev–Trinajstić information content (AvgIpc) is 3.12. The fourth-order valence-corrected chi connectivity index (χ4v) is 2.86. The van der Waals surface area contributed by atoms with Crippen LogP contribution in [0, 0.1) is 5.82 Å². The number of fused-ring (bicyclic) bond motifs is 1. The second kappa shape index (κ2) is 8.29. The average molecular weight is 412 g/mol. The van der Waals surface area contributed by atoms with E-state index in [1.165, 1.54) is 24.5 Å². The van der Waals surface area contributed by atoms with Crippen molar-refractivity contribution in [1.29, 1.82) is 0 Å². The first-order valence-electron chi connectivity index (χ1n) is 9.03. The zero-order valence-corrected chi connectivity index (χ0v) is 15.6. The van der Waals surface area contributed by atoms with Gasteiger partial charge in [-0.3, -0.25) is 4.79 Å². The molecule has 4 rings (SSSR count). The molecule has 1 aliphatic heterocycles. The van der Waals surface area contributed by atoms with Gasteiger partial charge in [-0.15, -0.1) is 0 Å². The lowest BCUT2D eigenvalue weighted by molar-refractivity contribution is -0.115. The zero-order chi connectivity index (χ0) is 21.1. The van der Waals surface area contributed by atoms with Crippen molar-refractivity contribution in [2.24, 2.45) is 5.73 Å². The summed E-state index contributed by atoms with van der Waals surface area (Å²) in [7, 11) is 0. The van der Waals surface area contributed by atoms with Gasteiger partial charge in [-0.05, 0) is 24.3 Å². The van der Waals surface area contributed by atoms with Crippen molar-refractivity contribution in [1.82, 2.24) is 15.3 Å². The highest BCUT2D eigenvalue weighted by Gasteiger charge is 2.26. The molecule has 10 heteroatoms. The summed E-state index contributed by atoms with van der Waals surface area (Å²) in [6, 6.07) is 5.44. The van der Waals surface area contributed by atoms with Crippen LogP contribution in [0.4, 0.5) is 4.39 Å². The van der Waals surface area contributed by atoms with E-state index in [0.717, 1.165) is 12.3 Å². The largest absolute Gasteiger partial charge is 0.458 e. The van der Waals surface area contributed by atoms with Gasteiger partial charge in [-0.2, -0.15) is 0 Å². The molecule has 0 atom stereocenters. The highest BCUT2D eigenvalue weighted by molar-refractivity contribution is 6.18. The van der Waals surface area contributed by atoms with Crippen LogP contribution in [0.15, 0.2) is 47.3 Å². The highest BCUT2D eigenvalue weighted by Crippen LogP contribution is 2.26. The van der Waals surface area contributed by atoms with Crippen molar-refractivity contribution in [3.05, 3.63) is 65.8 Å². The van der Waals surface area contributed by atoms with Crippen LogP contribution in [0.5, 0.6) is 0 Å². The van der Waals surface area contributed by atoms with Crippen LogP contribution in [0.25, 0.3) is 16.5 Å². The molecule has 30 heavy (non-hydrogen) atoms. The fourth-order valence-electron chi connectivity index (χ4n) is 2.86. The van der Waals surface area contributed by atoms with E-state index in [4.69, 9.17) is 19.6 Å². The summed E-state index contributed by atoms with van der Waals surface area (Å²) in [5, 5.41) is 3.01. The lowest BCUT2D eigenvalue weighted by Gasteiger charge is -2.25. The monoisotopic (exact) mass is 412 g/mol. The summed E-state index contributed by atoms with van der Waals surface area (Å²) in [5.41, 5.74) is 5.76. The molecule has 3 aromatic rings. The van der Waals surface area contributed by atoms with Gasteiger partial charge in [-0.1, -0.05) is 0 Å². The number of rotatable bonds is 6. The van der Waals surface area contributed by atoms with Crippen molar-refractivity contribution in [3.8, 4) is 0 Å².